The molecule has 21 heavy (non-hydrogen) atoms. The van der Waals surface area contributed by atoms with Crippen molar-refractivity contribution in [2.75, 3.05) is 6.54 Å². The van der Waals surface area contributed by atoms with E-state index in [1.54, 1.807) is 12.2 Å². The average Bonchev–Trinajstić information content (AvgIpc) is 2.90. The summed E-state index contributed by atoms with van der Waals surface area (Å²) in [5.41, 5.74) is 0.768. The minimum Gasteiger partial charge on any atom is -0.457 e. The number of carbonyl (C=O) groups is 2. The topological polar surface area (TPSA) is 50.5 Å². The Morgan fingerprint density at radius 2 is 2.14 bits per heavy atom. The van der Waals surface area contributed by atoms with E-state index in [1.807, 2.05) is 30.3 Å². The van der Waals surface area contributed by atoms with Crippen molar-refractivity contribution in [3.8, 4) is 0 Å². The molecule has 1 aliphatic heterocycles. The highest BCUT2D eigenvalue weighted by Gasteiger charge is 2.24. The van der Waals surface area contributed by atoms with E-state index in [9.17, 15) is 9.59 Å². The molecule has 2 heterocycles. The number of halogens is 1. The first kappa shape index (κ1) is 13.8. The molecule has 4 nitrogen and oxygen atoms in total. The molecule has 0 radical (unpaired) electrons. The van der Waals surface area contributed by atoms with Gasteiger partial charge in [-0.15, -0.1) is 0 Å². The Hall–Kier alpha value is -2.14. The van der Waals surface area contributed by atoms with Crippen molar-refractivity contribution in [1.82, 2.24) is 4.90 Å². The first-order valence-corrected chi connectivity index (χ1v) is 7.32. The van der Waals surface area contributed by atoms with Gasteiger partial charge in [0, 0.05) is 18.0 Å². The lowest BCUT2D eigenvalue weighted by atomic mass is 10.2. The maximum atomic E-state index is 12.1. The predicted molar refractivity (Wildman–Crippen MR) is 83.6 cm³/mol. The molecule has 1 aromatic carbocycles. The Kier molecular flexibility index (Phi) is 3.75. The van der Waals surface area contributed by atoms with Gasteiger partial charge in [-0.1, -0.05) is 24.3 Å². The smallest absolute Gasteiger partial charge is 0.267 e. The van der Waals surface area contributed by atoms with Crippen LogP contribution in [0.5, 0.6) is 0 Å². The highest BCUT2D eigenvalue weighted by molar-refractivity contribution is 9.12. The van der Waals surface area contributed by atoms with Gasteiger partial charge in [-0.05, 0) is 40.6 Å². The Balaban J connectivity index is 1.78. The maximum absolute atomic E-state index is 12.1. The van der Waals surface area contributed by atoms with E-state index >= 15 is 0 Å². The summed E-state index contributed by atoms with van der Waals surface area (Å²) in [4.78, 5) is 25.1. The van der Waals surface area contributed by atoms with Gasteiger partial charge in [0.1, 0.15) is 11.3 Å². The van der Waals surface area contributed by atoms with Crippen LogP contribution in [0.1, 0.15) is 12.2 Å². The maximum Gasteiger partial charge on any atom is 0.267 e. The molecule has 1 aliphatic rings. The van der Waals surface area contributed by atoms with Crippen LogP contribution < -0.4 is 0 Å². The number of nitrogens with zero attached hydrogens (tertiary/aromatic N) is 1. The SMILES string of the molecule is O=C(/C=C/c1cc2ccccc2o1)N1CCC=C(Br)C1=O. The van der Waals surface area contributed by atoms with E-state index in [1.165, 1.54) is 11.0 Å². The van der Waals surface area contributed by atoms with Crippen LogP contribution in [0.3, 0.4) is 0 Å². The lowest BCUT2D eigenvalue weighted by Crippen LogP contribution is -2.38. The van der Waals surface area contributed by atoms with Crippen LogP contribution in [0, 0.1) is 0 Å². The second-order valence-electron chi connectivity index (χ2n) is 4.66. The summed E-state index contributed by atoms with van der Waals surface area (Å²) >= 11 is 3.16. The second-order valence-corrected chi connectivity index (χ2v) is 5.51. The van der Waals surface area contributed by atoms with Crippen LogP contribution in [0.15, 0.2) is 51.4 Å². The molecule has 0 atom stereocenters. The Morgan fingerprint density at radius 3 is 2.95 bits per heavy atom. The van der Waals surface area contributed by atoms with Crippen molar-refractivity contribution in [2.45, 2.75) is 6.42 Å². The van der Waals surface area contributed by atoms with Crippen molar-refractivity contribution < 1.29 is 14.0 Å². The zero-order chi connectivity index (χ0) is 14.8. The quantitative estimate of drug-likeness (QED) is 0.783. The van der Waals surface area contributed by atoms with Gasteiger partial charge < -0.3 is 4.42 Å². The van der Waals surface area contributed by atoms with Crippen LogP contribution in [0.2, 0.25) is 0 Å². The molecule has 106 valence electrons. The monoisotopic (exact) mass is 345 g/mol. The van der Waals surface area contributed by atoms with E-state index in [2.05, 4.69) is 15.9 Å². The normalized spacial score (nSPS) is 15.8. The molecule has 3 rings (SSSR count). The van der Waals surface area contributed by atoms with Crippen molar-refractivity contribution in [3.05, 3.63) is 52.7 Å². The highest BCUT2D eigenvalue weighted by atomic mass is 79.9. The van der Waals surface area contributed by atoms with Gasteiger partial charge >= 0.3 is 0 Å². The average molecular weight is 346 g/mol. The summed E-state index contributed by atoms with van der Waals surface area (Å²) in [6.07, 6.45) is 5.38. The molecule has 0 unspecified atom stereocenters. The molecule has 0 aliphatic carbocycles. The fourth-order valence-corrected chi connectivity index (χ4v) is 2.62. The molecule has 2 amide bonds. The van der Waals surface area contributed by atoms with Gasteiger partial charge in [-0.3, -0.25) is 14.5 Å². The van der Waals surface area contributed by atoms with Crippen molar-refractivity contribution in [2.24, 2.45) is 0 Å². The Bertz CT molecular complexity index is 740. The number of carbonyl (C=O) groups excluding carboxylic acids is 2. The number of para-hydroxylation sites is 1. The van der Waals surface area contributed by atoms with E-state index < -0.39 is 0 Å². The Morgan fingerprint density at radius 1 is 1.33 bits per heavy atom. The third kappa shape index (κ3) is 2.83. The third-order valence-electron chi connectivity index (χ3n) is 3.23. The van der Waals surface area contributed by atoms with Crippen LogP contribution >= 0.6 is 15.9 Å². The first-order chi connectivity index (χ1) is 10.1. The molecular formula is C16H12BrNO3. The third-order valence-corrected chi connectivity index (χ3v) is 3.89. The van der Waals surface area contributed by atoms with Crippen LogP contribution in [-0.2, 0) is 9.59 Å². The molecule has 0 bridgehead atoms. The molecule has 0 N–H and O–H groups in total. The van der Waals surface area contributed by atoms with Crippen molar-refractivity contribution in [1.29, 1.82) is 0 Å². The number of rotatable bonds is 2. The zero-order valence-corrected chi connectivity index (χ0v) is 12.7. The molecule has 2 aromatic rings. The number of benzene rings is 1. The van der Waals surface area contributed by atoms with E-state index in [0.29, 0.717) is 23.2 Å². The van der Waals surface area contributed by atoms with Gasteiger partial charge in [0.2, 0.25) is 0 Å². The molecule has 1 aromatic heterocycles. The highest BCUT2D eigenvalue weighted by Crippen LogP contribution is 2.20. The molecule has 0 saturated heterocycles. The summed E-state index contributed by atoms with van der Waals surface area (Å²) < 4.78 is 6.02. The second kappa shape index (κ2) is 5.69. The minimum absolute atomic E-state index is 0.305. The summed E-state index contributed by atoms with van der Waals surface area (Å²) in [5, 5.41) is 0.976. The predicted octanol–water partition coefficient (Wildman–Crippen LogP) is 3.48. The molecule has 5 heteroatoms. The number of hydrogen-bond donors (Lipinski definition) is 0. The lowest BCUT2D eigenvalue weighted by molar-refractivity contribution is -0.139. The summed E-state index contributed by atoms with van der Waals surface area (Å²) in [6.45, 7) is 0.400. The molecule has 0 saturated carbocycles. The molecule has 0 spiro atoms. The summed E-state index contributed by atoms with van der Waals surface area (Å²) in [6, 6.07) is 9.47. The van der Waals surface area contributed by atoms with Gasteiger partial charge in [0.25, 0.3) is 11.8 Å². The van der Waals surface area contributed by atoms with Gasteiger partial charge in [-0.2, -0.15) is 0 Å². The van der Waals surface area contributed by atoms with Gasteiger partial charge in [0.05, 0.1) is 4.48 Å². The fourth-order valence-electron chi connectivity index (χ4n) is 2.18. The largest absolute Gasteiger partial charge is 0.457 e. The fraction of sp³-hybridized carbons (Fsp3) is 0.125. The summed E-state index contributed by atoms with van der Waals surface area (Å²) in [7, 11) is 0. The standard InChI is InChI=1S/C16H12BrNO3/c17-13-5-3-9-18(16(13)20)15(19)8-7-12-10-11-4-1-2-6-14(11)21-12/h1-2,4-8,10H,3,9H2/b8-7+. The summed E-state index contributed by atoms with van der Waals surface area (Å²) in [5.74, 6) is -0.0605. The van der Waals surface area contributed by atoms with E-state index in [4.69, 9.17) is 4.42 Å². The van der Waals surface area contributed by atoms with Crippen LogP contribution in [0.4, 0.5) is 0 Å². The lowest BCUT2D eigenvalue weighted by Gasteiger charge is -2.21. The van der Waals surface area contributed by atoms with Gasteiger partial charge in [-0.25, -0.2) is 0 Å². The minimum atomic E-state index is -0.342. The Labute approximate surface area is 129 Å². The first-order valence-electron chi connectivity index (χ1n) is 6.53. The number of hydrogen-bond acceptors (Lipinski definition) is 3. The van der Waals surface area contributed by atoms with Crippen molar-refractivity contribution >= 4 is 44.8 Å². The van der Waals surface area contributed by atoms with Crippen LogP contribution in [0.25, 0.3) is 17.0 Å². The number of fused-ring (bicyclic) bond motifs is 1. The van der Waals surface area contributed by atoms with Crippen LogP contribution in [-0.4, -0.2) is 23.3 Å². The molecular weight excluding hydrogens is 334 g/mol. The van der Waals surface area contributed by atoms with Gasteiger partial charge in [0.15, 0.2) is 0 Å². The zero-order valence-electron chi connectivity index (χ0n) is 11.1. The number of furan rings is 1. The number of imide groups is 1. The van der Waals surface area contributed by atoms with E-state index in [0.717, 1.165) is 11.0 Å². The van der Waals surface area contributed by atoms with Crippen molar-refractivity contribution in [3.63, 3.8) is 0 Å². The van der Waals surface area contributed by atoms with E-state index in [-0.39, 0.29) is 11.8 Å². The number of amides is 2. The molecule has 0 fully saturated rings.